The van der Waals surface area contributed by atoms with E-state index in [1.165, 1.54) is 22.4 Å². The molecule has 2 aliphatic heterocycles. The maximum atomic E-state index is 6.00. The van der Waals surface area contributed by atoms with Crippen LogP contribution in [-0.2, 0) is 17.8 Å². The summed E-state index contributed by atoms with van der Waals surface area (Å²) in [5, 5.41) is 0. The van der Waals surface area contributed by atoms with Crippen molar-refractivity contribution in [1.82, 2.24) is 14.8 Å². The SMILES string of the molecule is c1ccc([C@@H]2CN(Cc3ccc(N4CCN(Cc5ccncc5)CC4)cc3)CO2)cc1. The molecule has 3 heterocycles. The van der Waals surface area contributed by atoms with Crippen molar-refractivity contribution in [1.29, 1.82) is 0 Å². The first-order valence-electron chi connectivity index (χ1n) is 11.2. The Kier molecular flexibility index (Phi) is 6.25. The highest BCUT2D eigenvalue weighted by molar-refractivity contribution is 5.48. The molecule has 0 spiro atoms. The normalized spacial score (nSPS) is 20.3. The lowest BCUT2D eigenvalue weighted by atomic mass is 10.1. The van der Waals surface area contributed by atoms with Gasteiger partial charge < -0.3 is 9.64 Å². The lowest BCUT2D eigenvalue weighted by molar-refractivity contribution is 0.0880. The van der Waals surface area contributed by atoms with E-state index in [9.17, 15) is 0 Å². The first-order chi connectivity index (χ1) is 15.3. The Labute approximate surface area is 184 Å². The van der Waals surface area contributed by atoms with Crippen molar-refractivity contribution < 1.29 is 4.74 Å². The van der Waals surface area contributed by atoms with Gasteiger partial charge in [-0.2, -0.15) is 0 Å². The van der Waals surface area contributed by atoms with Crippen LogP contribution in [0.3, 0.4) is 0 Å². The molecule has 0 aliphatic carbocycles. The van der Waals surface area contributed by atoms with E-state index in [1.54, 1.807) is 0 Å². The average molecular weight is 415 g/mol. The van der Waals surface area contributed by atoms with Gasteiger partial charge in [-0.3, -0.25) is 14.8 Å². The van der Waals surface area contributed by atoms with Gasteiger partial charge in [0.2, 0.25) is 0 Å². The summed E-state index contributed by atoms with van der Waals surface area (Å²) in [7, 11) is 0. The third-order valence-corrected chi connectivity index (χ3v) is 6.29. The maximum absolute atomic E-state index is 6.00. The van der Waals surface area contributed by atoms with E-state index >= 15 is 0 Å². The lowest BCUT2D eigenvalue weighted by Gasteiger charge is -2.36. The fourth-order valence-corrected chi connectivity index (χ4v) is 4.50. The minimum atomic E-state index is 0.184. The van der Waals surface area contributed by atoms with Crippen LogP contribution in [0.15, 0.2) is 79.1 Å². The zero-order chi connectivity index (χ0) is 20.9. The number of benzene rings is 2. The van der Waals surface area contributed by atoms with Crippen molar-refractivity contribution in [3.63, 3.8) is 0 Å². The molecule has 2 saturated heterocycles. The van der Waals surface area contributed by atoms with Crippen molar-refractivity contribution in [3.8, 4) is 0 Å². The molecule has 3 aromatic rings. The molecule has 1 aromatic heterocycles. The molecular formula is C26H30N4O. The van der Waals surface area contributed by atoms with Gasteiger partial charge in [0, 0.05) is 63.9 Å². The molecule has 160 valence electrons. The van der Waals surface area contributed by atoms with E-state index < -0.39 is 0 Å². The maximum Gasteiger partial charge on any atom is 0.100 e. The van der Waals surface area contributed by atoms with Crippen LogP contribution in [0.4, 0.5) is 5.69 Å². The van der Waals surface area contributed by atoms with E-state index in [-0.39, 0.29) is 6.10 Å². The Morgan fingerprint density at radius 3 is 2.16 bits per heavy atom. The van der Waals surface area contributed by atoms with Crippen LogP contribution in [0.5, 0.6) is 0 Å². The van der Waals surface area contributed by atoms with Gasteiger partial charge in [-0.1, -0.05) is 42.5 Å². The summed E-state index contributed by atoms with van der Waals surface area (Å²) in [4.78, 5) is 11.5. The Morgan fingerprint density at radius 1 is 0.742 bits per heavy atom. The quantitative estimate of drug-likeness (QED) is 0.610. The molecule has 0 unspecified atom stereocenters. The standard InChI is InChI=1S/C26H30N4O/c1-2-4-24(5-3-1)26-20-29(21-31-26)19-22-6-8-25(9-7-22)30-16-14-28(15-17-30)18-23-10-12-27-13-11-23/h1-13,26H,14-21H2/t26-/m0/s1. The smallest absolute Gasteiger partial charge is 0.100 e. The zero-order valence-corrected chi connectivity index (χ0v) is 17.9. The predicted octanol–water partition coefficient (Wildman–Crippen LogP) is 3.93. The molecule has 0 N–H and O–H groups in total. The minimum Gasteiger partial charge on any atom is -0.369 e. The number of anilines is 1. The van der Waals surface area contributed by atoms with E-state index in [4.69, 9.17) is 4.74 Å². The van der Waals surface area contributed by atoms with Gasteiger partial charge >= 0.3 is 0 Å². The highest BCUT2D eigenvalue weighted by atomic mass is 16.5. The average Bonchev–Trinajstić information content (AvgIpc) is 3.30. The van der Waals surface area contributed by atoms with Crippen LogP contribution in [0.25, 0.3) is 0 Å². The highest BCUT2D eigenvalue weighted by Gasteiger charge is 2.24. The summed E-state index contributed by atoms with van der Waals surface area (Å²) < 4.78 is 6.00. The van der Waals surface area contributed by atoms with Crippen molar-refractivity contribution in [2.45, 2.75) is 19.2 Å². The molecule has 5 nitrogen and oxygen atoms in total. The van der Waals surface area contributed by atoms with Gasteiger partial charge in [-0.15, -0.1) is 0 Å². The number of hydrogen-bond acceptors (Lipinski definition) is 5. The minimum absolute atomic E-state index is 0.184. The number of pyridine rings is 1. The summed E-state index contributed by atoms with van der Waals surface area (Å²) in [5.74, 6) is 0. The van der Waals surface area contributed by atoms with E-state index in [1.807, 2.05) is 12.4 Å². The van der Waals surface area contributed by atoms with Crippen molar-refractivity contribution in [2.24, 2.45) is 0 Å². The predicted molar refractivity (Wildman–Crippen MR) is 124 cm³/mol. The van der Waals surface area contributed by atoms with Gasteiger partial charge in [0.25, 0.3) is 0 Å². The highest BCUT2D eigenvalue weighted by Crippen LogP contribution is 2.26. The molecule has 0 bridgehead atoms. The number of nitrogens with zero attached hydrogens (tertiary/aromatic N) is 4. The summed E-state index contributed by atoms with van der Waals surface area (Å²) in [6.07, 6.45) is 3.94. The number of piperazine rings is 1. The molecule has 1 atom stereocenters. The van der Waals surface area contributed by atoms with Crippen LogP contribution in [0.2, 0.25) is 0 Å². The van der Waals surface area contributed by atoms with E-state index in [2.05, 4.69) is 86.4 Å². The number of aromatic nitrogens is 1. The molecule has 2 aliphatic rings. The summed E-state index contributed by atoms with van der Waals surface area (Å²) in [6.45, 7) is 7.92. The van der Waals surface area contributed by atoms with E-state index in [0.29, 0.717) is 6.73 Å². The van der Waals surface area contributed by atoms with Gasteiger partial charge in [0.05, 0.1) is 6.10 Å². The molecule has 0 radical (unpaired) electrons. The van der Waals surface area contributed by atoms with Crippen LogP contribution in [0, 0.1) is 0 Å². The van der Waals surface area contributed by atoms with Gasteiger partial charge in [-0.25, -0.2) is 0 Å². The molecule has 0 saturated carbocycles. The number of hydrogen-bond donors (Lipinski definition) is 0. The van der Waals surface area contributed by atoms with Gasteiger partial charge in [-0.05, 0) is 41.0 Å². The number of rotatable bonds is 6. The van der Waals surface area contributed by atoms with Gasteiger partial charge in [0.15, 0.2) is 0 Å². The largest absolute Gasteiger partial charge is 0.369 e. The van der Waals surface area contributed by atoms with Crippen LogP contribution in [0.1, 0.15) is 22.8 Å². The Bertz CT molecular complexity index is 940. The molecule has 5 rings (SSSR count). The lowest BCUT2D eigenvalue weighted by Crippen LogP contribution is -2.45. The van der Waals surface area contributed by atoms with Crippen LogP contribution >= 0.6 is 0 Å². The molecular weight excluding hydrogens is 384 g/mol. The Hall–Kier alpha value is -2.73. The van der Waals surface area contributed by atoms with Crippen LogP contribution < -0.4 is 4.90 Å². The molecule has 31 heavy (non-hydrogen) atoms. The molecule has 2 aromatic carbocycles. The molecule has 5 heteroatoms. The third-order valence-electron chi connectivity index (χ3n) is 6.29. The second-order valence-electron chi connectivity index (χ2n) is 8.49. The fourth-order valence-electron chi connectivity index (χ4n) is 4.50. The monoisotopic (exact) mass is 414 g/mol. The first-order valence-corrected chi connectivity index (χ1v) is 11.2. The Morgan fingerprint density at radius 2 is 1.42 bits per heavy atom. The van der Waals surface area contributed by atoms with Crippen molar-refractivity contribution in [3.05, 3.63) is 95.8 Å². The second kappa shape index (κ2) is 9.60. The summed E-state index contributed by atoms with van der Waals surface area (Å²) >= 11 is 0. The first kappa shape index (κ1) is 20.2. The summed E-state index contributed by atoms with van der Waals surface area (Å²) in [6, 6.07) is 23.8. The topological polar surface area (TPSA) is 31.8 Å². The van der Waals surface area contributed by atoms with Crippen molar-refractivity contribution in [2.75, 3.05) is 44.4 Å². The Balaban J connectivity index is 1.11. The second-order valence-corrected chi connectivity index (χ2v) is 8.49. The molecule has 0 amide bonds. The van der Waals surface area contributed by atoms with Crippen molar-refractivity contribution >= 4 is 5.69 Å². The van der Waals surface area contributed by atoms with Gasteiger partial charge in [0.1, 0.15) is 6.73 Å². The number of ether oxygens (including phenoxy) is 1. The zero-order valence-electron chi connectivity index (χ0n) is 17.9. The van der Waals surface area contributed by atoms with E-state index in [0.717, 1.165) is 45.8 Å². The molecule has 2 fully saturated rings. The summed E-state index contributed by atoms with van der Waals surface area (Å²) in [5.41, 5.74) is 5.28. The third kappa shape index (κ3) is 5.13. The van der Waals surface area contributed by atoms with Crippen LogP contribution in [-0.4, -0.2) is 54.2 Å². The fraction of sp³-hybridized carbons (Fsp3) is 0.346.